The smallest absolute Gasteiger partial charge is 0.327 e. The highest BCUT2D eigenvalue weighted by Crippen LogP contribution is 2.24. The summed E-state index contributed by atoms with van der Waals surface area (Å²) in [7, 11) is 1.15. The minimum atomic E-state index is -1.28. The highest BCUT2D eigenvalue weighted by molar-refractivity contribution is 6.10. The van der Waals surface area contributed by atoms with Crippen LogP contribution < -0.4 is 0 Å². The van der Waals surface area contributed by atoms with Crippen LogP contribution in [0.5, 0.6) is 0 Å². The van der Waals surface area contributed by atoms with Crippen LogP contribution in [0.1, 0.15) is 27.4 Å². The molecule has 0 saturated carbocycles. The molecule has 0 amide bonds. The molecule has 0 bridgehead atoms. The molecule has 2 aromatic carbocycles. The largest absolute Gasteiger partial charge is 0.468 e. The van der Waals surface area contributed by atoms with Crippen LogP contribution in [0.2, 0.25) is 0 Å². The van der Waals surface area contributed by atoms with E-state index in [-0.39, 0.29) is 11.1 Å². The van der Waals surface area contributed by atoms with Crippen LogP contribution in [0.3, 0.4) is 0 Å². The Morgan fingerprint density at radius 1 is 1.18 bits per heavy atom. The van der Waals surface area contributed by atoms with Crippen molar-refractivity contribution in [3.05, 3.63) is 71.0 Å². The number of methoxy groups -OCH3 is 1. The normalized spacial score (nSPS) is 11.3. The molecule has 2 rings (SSSR count). The van der Waals surface area contributed by atoms with Crippen molar-refractivity contribution in [3.8, 4) is 6.07 Å². The van der Waals surface area contributed by atoms with E-state index >= 15 is 0 Å². The molecule has 0 N–H and O–H groups in total. The Labute approximate surface area is 126 Å². The summed E-state index contributed by atoms with van der Waals surface area (Å²) in [5.74, 6) is -3.16. The van der Waals surface area contributed by atoms with E-state index in [0.29, 0.717) is 5.56 Å². The first-order valence-electron chi connectivity index (χ1n) is 6.45. The Hall–Kier alpha value is -3.00. The number of hydrogen-bond donors (Lipinski definition) is 0. The van der Waals surface area contributed by atoms with Gasteiger partial charge in [0.25, 0.3) is 0 Å². The Bertz CT molecular complexity index is 750. The summed E-state index contributed by atoms with van der Waals surface area (Å²) in [4.78, 5) is 24.2. The van der Waals surface area contributed by atoms with Crippen LogP contribution in [-0.4, -0.2) is 18.9 Å². The zero-order chi connectivity index (χ0) is 16.1. The zero-order valence-corrected chi connectivity index (χ0v) is 11.7. The van der Waals surface area contributed by atoms with Gasteiger partial charge in [0.05, 0.1) is 13.2 Å². The fourth-order valence-electron chi connectivity index (χ4n) is 2.09. The van der Waals surface area contributed by atoms with Crippen molar-refractivity contribution in [2.45, 2.75) is 5.92 Å². The lowest BCUT2D eigenvalue weighted by Crippen LogP contribution is -2.17. The maximum atomic E-state index is 13.5. The Morgan fingerprint density at radius 2 is 1.86 bits per heavy atom. The van der Waals surface area contributed by atoms with E-state index < -0.39 is 23.5 Å². The Morgan fingerprint density at radius 3 is 2.45 bits per heavy atom. The van der Waals surface area contributed by atoms with Gasteiger partial charge < -0.3 is 4.74 Å². The standard InChI is InChI=1S/C17H12FNO3/c1-22-17(21)15(10-19)13-8-7-12(18)9-14(13)16(20)11-5-3-2-4-6-11/h2-9,15H,1H3. The second-order valence-corrected chi connectivity index (χ2v) is 4.51. The summed E-state index contributed by atoms with van der Waals surface area (Å²) < 4.78 is 18.1. The number of halogens is 1. The van der Waals surface area contributed by atoms with Crippen molar-refractivity contribution in [3.63, 3.8) is 0 Å². The summed E-state index contributed by atoms with van der Waals surface area (Å²) in [6.45, 7) is 0. The number of ether oxygens (including phenoxy) is 1. The molecule has 1 unspecified atom stereocenters. The van der Waals surface area contributed by atoms with Crippen molar-refractivity contribution in [2.75, 3.05) is 7.11 Å². The van der Waals surface area contributed by atoms with E-state index in [2.05, 4.69) is 4.74 Å². The molecule has 0 aliphatic heterocycles. The SMILES string of the molecule is COC(=O)C(C#N)c1ccc(F)cc1C(=O)c1ccccc1. The highest BCUT2D eigenvalue weighted by atomic mass is 19.1. The molecular weight excluding hydrogens is 285 g/mol. The molecule has 0 aromatic heterocycles. The number of ketones is 1. The third-order valence-corrected chi connectivity index (χ3v) is 3.17. The first-order chi connectivity index (χ1) is 10.6. The van der Waals surface area contributed by atoms with Crippen molar-refractivity contribution < 1.29 is 18.7 Å². The van der Waals surface area contributed by atoms with Gasteiger partial charge in [0.15, 0.2) is 11.7 Å². The second kappa shape index (κ2) is 6.64. The number of nitriles is 1. The predicted molar refractivity (Wildman–Crippen MR) is 76.6 cm³/mol. The first-order valence-corrected chi connectivity index (χ1v) is 6.45. The first kappa shape index (κ1) is 15.4. The van der Waals surface area contributed by atoms with Gasteiger partial charge in [-0.2, -0.15) is 5.26 Å². The van der Waals surface area contributed by atoms with Crippen molar-refractivity contribution in [1.82, 2.24) is 0 Å². The van der Waals surface area contributed by atoms with Crippen molar-refractivity contribution in [1.29, 1.82) is 5.26 Å². The summed E-state index contributed by atoms with van der Waals surface area (Å²) >= 11 is 0. The minimum Gasteiger partial charge on any atom is -0.468 e. The molecule has 4 nitrogen and oxygen atoms in total. The van der Waals surface area contributed by atoms with E-state index in [1.165, 1.54) is 6.07 Å². The quantitative estimate of drug-likeness (QED) is 0.643. The lowest BCUT2D eigenvalue weighted by molar-refractivity contribution is -0.141. The third-order valence-electron chi connectivity index (χ3n) is 3.17. The van der Waals surface area contributed by atoms with E-state index in [1.54, 1.807) is 36.4 Å². The molecule has 0 saturated heterocycles. The molecule has 2 aromatic rings. The fraction of sp³-hybridized carbons (Fsp3) is 0.118. The van der Waals surface area contributed by atoms with Crippen molar-refractivity contribution >= 4 is 11.8 Å². The highest BCUT2D eigenvalue weighted by Gasteiger charge is 2.27. The van der Waals surface area contributed by atoms with Gasteiger partial charge in [-0.15, -0.1) is 0 Å². The van der Waals surface area contributed by atoms with Crippen molar-refractivity contribution in [2.24, 2.45) is 0 Å². The monoisotopic (exact) mass is 297 g/mol. The summed E-state index contributed by atoms with van der Waals surface area (Å²) in [5, 5.41) is 9.17. The van der Waals surface area contributed by atoms with Gasteiger partial charge in [-0.3, -0.25) is 9.59 Å². The number of hydrogen-bond acceptors (Lipinski definition) is 4. The number of benzene rings is 2. The maximum absolute atomic E-state index is 13.5. The van der Waals surface area contributed by atoms with Crippen LogP contribution >= 0.6 is 0 Å². The molecule has 22 heavy (non-hydrogen) atoms. The van der Waals surface area contributed by atoms with E-state index in [0.717, 1.165) is 19.2 Å². The van der Waals surface area contributed by atoms with Crippen LogP contribution in [-0.2, 0) is 9.53 Å². The average molecular weight is 297 g/mol. The number of nitrogens with zero attached hydrogens (tertiary/aromatic N) is 1. The molecule has 0 spiro atoms. The molecule has 0 aliphatic rings. The summed E-state index contributed by atoms with van der Waals surface area (Å²) in [6, 6.07) is 13.4. The molecule has 5 heteroatoms. The van der Waals surface area contributed by atoms with Gasteiger partial charge in [-0.05, 0) is 17.7 Å². The van der Waals surface area contributed by atoms with Crippen LogP contribution in [0, 0.1) is 17.1 Å². The lowest BCUT2D eigenvalue weighted by atomic mass is 9.90. The molecule has 110 valence electrons. The third kappa shape index (κ3) is 3.01. The van der Waals surface area contributed by atoms with Crippen LogP contribution in [0.15, 0.2) is 48.5 Å². The number of rotatable bonds is 4. The molecule has 0 radical (unpaired) electrons. The van der Waals surface area contributed by atoms with Crippen LogP contribution in [0.25, 0.3) is 0 Å². The molecule has 0 aliphatic carbocycles. The zero-order valence-electron chi connectivity index (χ0n) is 11.7. The maximum Gasteiger partial charge on any atom is 0.327 e. The predicted octanol–water partition coefficient (Wildman–Crippen LogP) is 2.84. The number of carbonyl (C=O) groups excluding carboxylic acids is 2. The summed E-state index contributed by atoms with van der Waals surface area (Å²) in [5.41, 5.74) is 0.448. The van der Waals surface area contributed by atoms with Gasteiger partial charge in [-0.25, -0.2) is 4.39 Å². The molecule has 0 heterocycles. The summed E-state index contributed by atoms with van der Waals surface area (Å²) in [6.07, 6.45) is 0. The number of esters is 1. The topological polar surface area (TPSA) is 67.2 Å². The second-order valence-electron chi connectivity index (χ2n) is 4.51. The Kier molecular flexibility index (Phi) is 4.64. The Balaban J connectivity index is 2.56. The number of carbonyl (C=O) groups is 2. The molecule has 0 fully saturated rings. The van der Waals surface area contributed by atoms with E-state index in [1.807, 2.05) is 0 Å². The molecule has 1 atom stereocenters. The molecular formula is C17H12FNO3. The fourth-order valence-corrected chi connectivity index (χ4v) is 2.09. The van der Waals surface area contributed by atoms with Gasteiger partial charge in [0, 0.05) is 11.1 Å². The average Bonchev–Trinajstić information content (AvgIpc) is 2.56. The van der Waals surface area contributed by atoms with Gasteiger partial charge >= 0.3 is 5.97 Å². The minimum absolute atomic E-state index is 0.0249. The van der Waals surface area contributed by atoms with Gasteiger partial charge in [-0.1, -0.05) is 36.4 Å². The van der Waals surface area contributed by atoms with E-state index in [4.69, 9.17) is 0 Å². The lowest BCUT2D eigenvalue weighted by Gasteiger charge is -2.12. The van der Waals surface area contributed by atoms with Crippen LogP contribution in [0.4, 0.5) is 4.39 Å². The van der Waals surface area contributed by atoms with Gasteiger partial charge in [0.2, 0.25) is 0 Å². The van der Waals surface area contributed by atoms with Gasteiger partial charge in [0.1, 0.15) is 5.82 Å². The van der Waals surface area contributed by atoms with E-state index in [9.17, 15) is 19.2 Å².